The number of aliphatic hydroxyl groups is 1. The Balaban J connectivity index is 1.93. The van der Waals surface area contributed by atoms with Gasteiger partial charge < -0.3 is 16.2 Å². The van der Waals surface area contributed by atoms with Crippen LogP contribution >= 0.6 is 0 Å². The van der Waals surface area contributed by atoms with Crippen LogP contribution in [0.2, 0.25) is 0 Å². The van der Waals surface area contributed by atoms with Gasteiger partial charge in [0.15, 0.2) is 0 Å². The normalized spacial score (nSPS) is 13.6. The molecule has 0 heterocycles. The van der Waals surface area contributed by atoms with Gasteiger partial charge in [0.2, 0.25) is 0 Å². The second-order valence-electron chi connectivity index (χ2n) is 6.21. The summed E-state index contributed by atoms with van der Waals surface area (Å²) in [6.45, 7) is 4.51. The maximum Gasteiger partial charge on any atom is 0.0625 e. The lowest BCUT2D eigenvalue weighted by Crippen LogP contribution is -2.46. The molecule has 0 aliphatic heterocycles. The van der Waals surface area contributed by atoms with Gasteiger partial charge in [-0.2, -0.15) is 0 Å². The van der Waals surface area contributed by atoms with Crippen LogP contribution in [0.15, 0.2) is 48.5 Å². The summed E-state index contributed by atoms with van der Waals surface area (Å²) in [5, 5.41) is 12.4. The number of benzene rings is 2. The second kappa shape index (κ2) is 7.43. The van der Waals surface area contributed by atoms with Crippen LogP contribution in [-0.2, 0) is 12.8 Å². The Kier molecular flexibility index (Phi) is 5.58. The Bertz CT molecular complexity index is 573. The lowest BCUT2D eigenvalue weighted by atomic mass is 10.0. The molecule has 0 saturated heterocycles. The molecule has 0 aliphatic rings. The fourth-order valence-electron chi connectivity index (χ4n) is 2.23. The Morgan fingerprint density at radius 3 is 1.95 bits per heavy atom. The van der Waals surface area contributed by atoms with Crippen molar-refractivity contribution in [2.75, 3.05) is 18.5 Å². The zero-order valence-corrected chi connectivity index (χ0v) is 13.5. The molecule has 1 atom stereocenters. The van der Waals surface area contributed by atoms with Crippen LogP contribution in [0.25, 0.3) is 0 Å². The lowest BCUT2D eigenvalue weighted by Gasteiger charge is -2.22. The Morgan fingerprint density at radius 2 is 1.45 bits per heavy atom. The van der Waals surface area contributed by atoms with Crippen LogP contribution in [0.4, 0.5) is 5.69 Å². The maximum absolute atomic E-state index is 9.15. The van der Waals surface area contributed by atoms with Crippen molar-refractivity contribution in [3.8, 4) is 0 Å². The van der Waals surface area contributed by atoms with Crippen molar-refractivity contribution in [1.29, 1.82) is 0 Å². The largest absolute Gasteiger partial charge is 0.394 e. The van der Waals surface area contributed by atoms with E-state index in [2.05, 4.69) is 60.8 Å². The van der Waals surface area contributed by atoms with E-state index in [1.165, 1.54) is 16.7 Å². The van der Waals surface area contributed by atoms with Gasteiger partial charge >= 0.3 is 0 Å². The van der Waals surface area contributed by atoms with Crippen molar-refractivity contribution in [2.24, 2.45) is 5.73 Å². The molecule has 4 N–H and O–H groups in total. The second-order valence-corrected chi connectivity index (χ2v) is 6.21. The summed E-state index contributed by atoms with van der Waals surface area (Å²) in [7, 11) is 0. The van der Waals surface area contributed by atoms with Gasteiger partial charge in [-0.1, -0.05) is 43.3 Å². The zero-order chi connectivity index (χ0) is 16.0. The molecular weight excluding hydrogens is 272 g/mol. The summed E-state index contributed by atoms with van der Waals surface area (Å²) in [4.78, 5) is 0. The first kappa shape index (κ1) is 16.5. The molecule has 0 saturated carbocycles. The first-order chi connectivity index (χ1) is 10.5. The van der Waals surface area contributed by atoms with Gasteiger partial charge in [0.05, 0.1) is 12.1 Å². The maximum atomic E-state index is 9.15. The Hall–Kier alpha value is -1.84. The number of nitrogens with two attached hydrogens (primary N) is 1. The summed E-state index contributed by atoms with van der Waals surface area (Å²) < 4.78 is 0. The summed E-state index contributed by atoms with van der Waals surface area (Å²) in [5.74, 6) is 0. The van der Waals surface area contributed by atoms with E-state index >= 15 is 0 Å². The van der Waals surface area contributed by atoms with E-state index in [9.17, 15) is 0 Å². The highest BCUT2D eigenvalue weighted by Gasteiger charge is 2.16. The van der Waals surface area contributed by atoms with Crippen LogP contribution in [0.1, 0.15) is 30.5 Å². The van der Waals surface area contributed by atoms with E-state index in [4.69, 9.17) is 10.8 Å². The van der Waals surface area contributed by atoms with Crippen molar-refractivity contribution in [3.05, 3.63) is 65.2 Å². The smallest absolute Gasteiger partial charge is 0.0625 e. The fourth-order valence-corrected chi connectivity index (χ4v) is 2.23. The van der Waals surface area contributed by atoms with Crippen molar-refractivity contribution >= 4 is 5.69 Å². The van der Waals surface area contributed by atoms with Gasteiger partial charge in [0.1, 0.15) is 0 Å². The van der Waals surface area contributed by atoms with E-state index in [0.717, 1.165) is 18.5 Å². The molecule has 22 heavy (non-hydrogen) atoms. The highest BCUT2D eigenvalue weighted by molar-refractivity contribution is 5.45. The fraction of sp³-hybridized carbons (Fsp3) is 0.368. The van der Waals surface area contributed by atoms with Crippen molar-refractivity contribution in [1.82, 2.24) is 0 Å². The third-order valence-electron chi connectivity index (χ3n) is 3.85. The highest BCUT2D eigenvalue weighted by Crippen LogP contribution is 2.15. The molecule has 0 spiro atoms. The minimum Gasteiger partial charge on any atom is -0.394 e. The molecule has 0 unspecified atom stereocenters. The lowest BCUT2D eigenvalue weighted by molar-refractivity contribution is 0.216. The molecule has 3 heteroatoms. The van der Waals surface area contributed by atoms with Crippen LogP contribution in [0.5, 0.6) is 0 Å². The standard InChI is InChI=1S/C19H26N2O/c1-3-15-4-6-16(7-5-15)12-17-8-10-18(11-9-17)21-13-19(2,20)14-22/h4-11,21-22H,3,12-14,20H2,1-2H3/t19-/m0/s1. The van der Waals surface area contributed by atoms with E-state index in [1.54, 1.807) is 0 Å². The highest BCUT2D eigenvalue weighted by atomic mass is 16.3. The van der Waals surface area contributed by atoms with E-state index in [-0.39, 0.29) is 6.61 Å². The quantitative estimate of drug-likeness (QED) is 0.736. The van der Waals surface area contributed by atoms with Gasteiger partial charge in [-0.25, -0.2) is 0 Å². The van der Waals surface area contributed by atoms with Gasteiger partial charge in [0.25, 0.3) is 0 Å². The van der Waals surface area contributed by atoms with E-state index in [0.29, 0.717) is 6.54 Å². The van der Waals surface area contributed by atoms with Gasteiger partial charge in [-0.15, -0.1) is 0 Å². The van der Waals surface area contributed by atoms with Gasteiger partial charge in [0, 0.05) is 12.2 Å². The topological polar surface area (TPSA) is 58.3 Å². The first-order valence-electron chi connectivity index (χ1n) is 7.83. The first-order valence-corrected chi connectivity index (χ1v) is 7.83. The minimum atomic E-state index is -0.598. The molecule has 118 valence electrons. The number of anilines is 1. The summed E-state index contributed by atoms with van der Waals surface area (Å²) >= 11 is 0. The number of aliphatic hydroxyl groups excluding tert-OH is 1. The monoisotopic (exact) mass is 298 g/mol. The predicted octanol–water partition coefficient (Wildman–Crippen LogP) is 2.96. The number of rotatable bonds is 7. The predicted molar refractivity (Wildman–Crippen MR) is 93.2 cm³/mol. The Morgan fingerprint density at radius 1 is 0.955 bits per heavy atom. The van der Waals surface area contributed by atoms with Crippen molar-refractivity contribution in [3.63, 3.8) is 0 Å². The minimum absolute atomic E-state index is 0.0359. The summed E-state index contributed by atoms with van der Waals surface area (Å²) in [6, 6.07) is 17.2. The zero-order valence-electron chi connectivity index (χ0n) is 13.5. The third kappa shape index (κ3) is 4.86. The van der Waals surface area contributed by atoms with Crippen LogP contribution in [0, 0.1) is 0 Å². The average Bonchev–Trinajstić information content (AvgIpc) is 2.55. The van der Waals surface area contributed by atoms with Crippen LogP contribution in [0.3, 0.4) is 0 Å². The molecule has 3 nitrogen and oxygen atoms in total. The molecule has 0 aromatic heterocycles. The van der Waals surface area contributed by atoms with Crippen molar-refractivity contribution < 1.29 is 5.11 Å². The Labute approximate surface area is 133 Å². The SMILES string of the molecule is CCc1ccc(Cc2ccc(NC[C@](C)(N)CO)cc2)cc1. The summed E-state index contributed by atoms with van der Waals surface area (Å²) in [5.41, 5.74) is 10.3. The molecule has 0 amide bonds. The van der Waals surface area contributed by atoms with Crippen molar-refractivity contribution in [2.45, 2.75) is 32.2 Å². The van der Waals surface area contributed by atoms with Gasteiger partial charge in [-0.3, -0.25) is 0 Å². The number of nitrogens with one attached hydrogen (secondary N) is 1. The van der Waals surface area contributed by atoms with E-state index < -0.39 is 5.54 Å². The molecule has 0 fully saturated rings. The summed E-state index contributed by atoms with van der Waals surface area (Å²) in [6.07, 6.45) is 2.02. The molecule has 2 aromatic rings. The molecule has 0 aliphatic carbocycles. The van der Waals surface area contributed by atoms with Crippen LogP contribution in [-0.4, -0.2) is 23.8 Å². The van der Waals surface area contributed by atoms with Crippen LogP contribution < -0.4 is 11.1 Å². The van der Waals surface area contributed by atoms with Gasteiger partial charge in [-0.05, 0) is 48.6 Å². The molecule has 0 bridgehead atoms. The molecular formula is C19H26N2O. The van der Waals surface area contributed by atoms with E-state index in [1.807, 2.05) is 6.92 Å². The molecule has 2 aromatic carbocycles. The third-order valence-corrected chi connectivity index (χ3v) is 3.85. The number of aryl methyl sites for hydroxylation is 1. The molecule has 0 radical (unpaired) electrons. The number of hydrogen-bond acceptors (Lipinski definition) is 3. The number of hydrogen-bond donors (Lipinski definition) is 3. The average molecular weight is 298 g/mol. The molecule has 2 rings (SSSR count).